The van der Waals surface area contributed by atoms with Gasteiger partial charge in [-0.2, -0.15) is 0 Å². The summed E-state index contributed by atoms with van der Waals surface area (Å²) in [5, 5.41) is 9.15. The third kappa shape index (κ3) is 1.68. The first-order valence-electron chi connectivity index (χ1n) is 3.55. The zero-order valence-electron chi connectivity index (χ0n) is 6.75. The summed E-state index contributed by atoms with van der Waals surface area (Å²) in [6.07, 6.45) is 1.67. The van der Waals surface area contributed by atoms with Gasteiger partial charge in [0, 0.05) is 24.2 Å². The third-order valence-corrected chi connectivity index (χ3v) is 2.23. The fraction of sp³-hybridized carbons (Fsp3) is 0.375. The number of hydrogen-bond donors (Lipinski definition) is 1. The molecule has 1 N–H and O–H groups in total. The molecular weight excluding hydrogens is 178 g/mol. The van der Waals surface area contributed by atoms with Crippen molar-refractivity contribution in [2.24, 2.45) is 0 Å². The third-order valence-electron chi connectivity index (χ3n) is 1.74. The summed E-state index contributed by atoms with van der Waals surface area (Å²) in [6, 6.07) is 0. The summed E-state index contributed by atoms with van der Waals surface area (Å²) in [7, 11) is 1.86. The van der Waals surface area contributed by atoms with Crippen LogP contribution >= 0.6 is 11.6 Å². The van der Waals surface area contributed by atoms with E-state index in [9.17, 15) is 4.79 Å². The normalized spacial score (nSPS) is 23.3. The van der Waals surface area contributed by atoms with Gasteiger partial charge < -0.3 is 5.11 Å². The van der Waals surface area contributed by atoms with Crippen LogP contribution in [0.4, 0.5) is 0 Å². The number of nitrogens with zero attached hydrogens (tertiary/aromatic N) is 1. The van der Waals surface area contributed by atoms with E-state index in [2.05, 4.69) is 0 Å². The minimum absolute atomic E-state index is 0.380. The highest BCUT2D eigenvalue weighted by atomic mass is 35.5. The van der Waals surface area contributed by atoms with Gasteiger partial charge in [0.1, 0.15) is 6.29 Å². The van der Waals surface area contributed by atoms with Gasteiger partial charge in [0.25, 0.3) is 0 Å². The number of aldehydes is 1. The first-order valence-corrected chi connectivity index (χ1v) is 3.92. The standard InChI is InChI=1S/C8H10ClNO2/c1-10-2-6(4-11)8(9)7(3-10)5-12/h4-5,11H,2-3H2,1H3/b6-4+. The Morgan fingerprint density at radius 2 is 2.25 bits per heavy atom. The van der Waals surface area contributed by atoms with Gasteiger partial charge >= 0.3 is 0 Å². The summed E-state index contributed by atoms with van der Waals surface area (Å²) in [5.74, 6) is 0. The number of aliphatic hydroxyl groups excluding tert-OH is 1. The van der Waals surface area contributed by atoms with Gasteiger partial charge in [0.05, 0.1) is 11.3 Å². The average molecular weight is 188 g/mol. The Balaban J connectivity index is 3.01. The van der Waals surface area contributed by atoms with Crippen molar-refractivity contribution in [3.8, 4) is 0 Å². The number of rotatable bonds is 1. The maximum absolute atomic E-state index is 10.5. The minimum atomic E-state index is 0.380. The maximum atomic E-state index is 10.5. The van der Waals surface area contributed by atoms with Gasteiger partial charge in [-0.05, 0) is 7.05 Å². The Kier molecular flexibility index (Phi) is 2.89. The first-order chi connectivity index (χ1) is 5.69. The van der Waals surface area contributed by atoms with E-state index in [1.165, 1.54) is 0 Å². The lowest BCUT2D eigenvalue weighted by Gasteiger charge is -2.24. The number of hydrogen-bond acceptors (Lipinski definition) is 3. The molecule has 0 amide bonds. The molecule has 1 aliphatic rings. The van der Waals surface area contributed by atoms with Crippen molar-refractivity contribution < 1.29 is 9.90 Å². The van der Waals surface area contributed by atoms with E-state index in [1.54, 1.807) is 0 Å². The predicted octanol–water partition coefficient (Wildman–Crippen LogP) is 1.07. The van der Waals surface area contributed by atoms with Crippen molar-refractivity contribution >= 4 is 17.9 Å². The molecule has 0 unspecified atom stereocenters. The van der Waals surface area contributed by atoms with Crippen LogP contribution in [0.15, 0.2) is 22.4 Å². The highest BCUT2D eigenvalue weighted by Crippen LogP contribution is 2.23. The quantitative estimate of drug-likeness (QED) is 0.493. The van der Waals surface area contributed by atoms with Gasteiger partial charge in [-0.15, -0.1) is 0 Å². The molecule has 12 heavy (non-hydrogen) atoms. The van der Waals surface area contributed by atoms with E-state index in [0.29, 0.717) is 29.3 Å². The van der Waals surface area contributed by atoms with Crippen LogP contribution in [0.3, 0.4) is 0 Å². The Morgan fingerprint density at radius 3 is 2.75 bits per heavy atom. The van der Waals surface area contributed by atoms with E-state index in [1.807, 2.05) is 11.9 Å². The fourth-order valence-electron chi connectivity index (χ4n) is 1.17. The highest BCUT2D eigenvalue weighted by Gasteiger charge is 2.18. The topological polar surface area (TPSA) is 40.5 Å². The van der Waals surface area contributed by atoms with Crippen LogP contribution in [-0.2, 0) is 4.79 Å². The summed E-state index contributed by atoms with van der Waals surface area (Å²) < 4.78 is 0. The zero-order valence-corrected chi connectivity index (χ0v) is 7.51. The van der Waals surface area contributed by atoms with Crippen LogP contribution in [0.1, 0.15) is 0 Å². The van der Waals surface area contributed by atoms with E-state index in [-0.39, 0.29) is 0 Å². The molecule has 0 aromatic carbocycles. The van der Waals surface area contributed by atoms with Crippen LogP contribution < -0.4 is 0 Å². The van der Waals surface area contributed by atoms with Crippen molar-refractivity contribution in [2.45, 2.75) is 0 Å². The van der Waals surface area contributed by atoms with Gasteiger partial charge in [-0.25, -0.2) is 0 Å². The van der Waals surface area contributed by atoms with Crippen molar-refractivity contribution in [3.05, 3.63) is 22.4 Å². The van der Waals surface area contributed by atoms with Crippen molar-refractivity contribution in [3.63, 3.8) is 0 Å². The molecule has 0 spiro atoms. The Bertz CT molecular complexity index is 258. The molecule has 0 aliphatic carbocycles. The van der Waals surface area contributed by atoms with Crippen molar-refractivity contribution in [1.29, 1.82) is 0 Å². The number of carbonyl (C=O) groups excluding carboxylic acids is 1. The Morgan fingerprint density at radius 1 is 1.58 bits per heavy atom. The van der Waals surface area contributed by atoms with Gasteiger partial charge in [0.2, 0.25) is 0 Å². The largest absolute Gasteiger partial charge is 0.515 e. The molecule has 0 radical (unpaired) electrons. The number of aliphatic hydroxyl groups is 1. The molecule has 1 aliphatic heterocycles. The maximum Gasteiger partial charge on any atom is 0.148 e. The monoisotopic (exact) mass is 187 g/mol. The highest BCUT2D eigenvalue weighted by molar-refractivity contribution is 6.33. The number of halogens is 1. The van der Waals surface area contributed by atoms with Crippen LogP contribution in [0.2, 0.25) is 0 Å². The van der Waals surface area contributed by atoms with Crippen LogP contribution in [0.25, 0.3) is 0 Å². The average Bonchev–Trinajstić information content (AvgIpc) is 2.08. The molecule has 0 bridgehead atoms. The molecule has 0 aromatic rings. The number of carbonyl (C=O) groups is 1. The molecule has 0 aromatic heterocycles. The lowest BCUT2D eigenvalue weighted by Crippen LogP contribution is -2.29. The minimum Gasteiger partial charge on any atom is -0.515 e. The molecule has 0 saturated carbocycles. The molecule has 1 rings (SSSR count). The number of likely N-dealkylation sites (N-methyl/N-ethyl adjacent to an activating group) is 1. The summed E-state index contributed by atoms with van der Waals surface area (Å²) in [4.78, 5) is 12.4. The van der Waals surface area contributed by atoms with Gasteiger partial charge in [-0.3, -0.25) is 9.69 Å². The predicted molar refractivity (Wildman–Crippen MR) is 47.2 cm³/mol. The molecule has 3 nitrogen and oxygen atoms in total. The van der Waals surface area contributed by atoms with Crippen LogP contribution in [0.5, 0.6) is 0 Å². The molecule has 1 heterocycles. The summed E-state index contributed by atoms with van der Waals surface area (Å²) >= 11 is 5.81. The molecular formula is C8H10ClNO2. The second kappa shape index (κ2) is 3.74. The summed E-state index contributed by atoms with van der Waals surface area (Å²) in [6.45, 7) is 1.12. The Hall–Kier alpha value is -0.800. The summed E-state index contributed by atoms with van der Waals surface area (Å²) in [5.41, 5.74) is 1.11. The second-order valence-corrected chi connectivity index (χ2v) is 3.16. The first kappa shape index (κ1) is 9.29. The van der Waals surface area contributed by atoms with Crippen molar-refractivity contribution in [1.82, 2.24) is 4.90 Å². The Labute approximate surface area is 75.9 Å². The second-order valence-electron chi connectivity index (χ2n) is 2.78. The molecule has 4 heteroatoms. The van der Waals surface area contributed by atoms with Crippen LogP contribution in [0, 0.1) is 0 Å². The molecule has 0 saturated heterocycles. The SMILES string of the molecule is CN1CC(C=O)=C(Cl)/C(=C/O)C1. The molecule has 66 valence electrons. The zero-order chi connectivity index (χ0) is 9.14. The van der Waals surface area contributed by atoms with Gasteiger partial charge in [0.15, 0.2) is 0 Å². The smallest absolute Gasteiger partial charge is 0.148 e. The van der Waals surface area contributed by atoms with E-state index in [4.69, 9.17) is 16.7 Å². The van der Waals surface area contributed by atoms with Gasteiger partial charge in [-0.1, -0.05) is 11.6 Å². The lowest BCUT2D eigenvalue weighted by atomic mass is 10.1. The molecule has 0 fully saturated rings. The fourth-order valence-corrected chi connectivity index (χ4v) is 1.38. The van der Waals surface area contributed by atoms with Crippen LogP contribution in [-0.4, -0.2) is 36.4 Å². The van der Waals surface area contributed by atoms with E-state index < -0.39 is 0 Å². The molecule has 0 atom stereocenters. The lowest BCUT2D eigenvalue weighted by molar-refractivity contribution is -0.105. The van der Waals surface area contributed by atoms with E-state index in [0.717, 1.165) is 12.5 Å². The van der Waals surface area contributed by atoms with E-state index >= 15 is 0 Å². The van der Waals surface area contributed by atoms with Crippen molar-refractivity contribution in [2.75, 3.05) is 20.1 Å².